The summed E-state index contributed by atoms with van der Waals surface area (Å²) < 4.78 is 29.9. The van der Waals surface area contributed by atoms with E-state index in [9.17, 15) is 13.6 Å². The van der Waals surface area contributed by atoms with Crippen LogP contribution in [0.3, 0.4) is 0 Å². The first-order chi connectivity index (χ1) is 7.99. The normalized spacial score (nSPS) is 10.6. The number of rotatable bonds is 5. The SMILES string of the molecule is COc1nc(C(F)F)cc(CC(=O)O)c1CN. The Kier molecular flexibility index (Phi) is 4.33. The molecule has 0 aromatic carbocycles. The minimum absolute atomic E-state index is 0.0255. The maximum absolute atomic E-state index is 12.5. The molecular formula is C10H12F2N2O3. The topological polar surface area (TPSA) is 85.4 Å². The van der Waals surface area contributed by atoms with Crippen LogP contribution in [0.15, 0.2) is 6.07 Å². The average molecular weight is 246 g/mol. The van der Waals surface area contributed by atoms with Crippen LogP contribution in [0.1, 0.15) is 23.2 Å². The van der Waals surface area contributed by atoms with E-state index in [0.717, 1.165) is 6.07 Å². The Hall–Kier alpha value is -1.76. The first kappa shape index (κ1) is 13.3. The van der Waals surface area contributed by atoms with Crippen LogP contribution in [0.2, 0.25) is 0 Å². The van der Waals surface area contributed by atoms with Gasteiger partial charge in [0, 0.05) is 12.1 Å². The Morgan fingerprint density at radius 1 is 1.65 bits per heavy atom. The quantitative estimate of drug-likeness (QED) is 0.812. The summed E-state index contributed by atoms with van der Waals surface area (Å²) in [5, 5.41) is 8.69. The summed E-state index contributed by atoms with van der Waals surface area (Å²) in [4.78, 5) is 14.2. The van der Waals surface area contributed by atoms with Crippen molar-refractivity contribution in [1.82, 2.24) is 4.98 Å². The molecular weight excluding hydrogens is 234 g/mol. The van der Waals surface area contributed by atoms with E-state index in [-0.39, 0.29) is 18.0 Å². The minimum atomic E-state index is -2.79. The van der Waals surface area contributed by atoms with E-state index in [0.29, 0.717) is 5.56 Å². The van der Waals surface area contributed by atoms with Crippen molar-refractivity contribution in [2.45, 2.75) is 19.4 Å². The summed E-state index contributed by atoms with van der Waals surface area (Å²) in [5.41, 5.74) is 5.44. The number of ether oxygens (including phenoxy) is 1. The lowest BCUT2D eigenvalue weighted by Crippen LogP contribution is -2.11. The second-order valence-electron chi connectivity index (χ2n) is 3.27. The first-order valence-corrected chi connectivity index (χ1v) is 4.76. The second kappa shape index (κ2) is 5.53. The highest BCUT2D eigenvalue weighted by Crippen LogP contribution is 2.26. The van der Waals surface area contributed by atoms with Crippen LogP contribution in [-0.2, 0) is 17.8 Å². The van der Waals surface area contributed by atoms with Crippen LogP contribution >= 0.6 is 0 Å². The van der Waals surface area contributed by atoms with Crippen LogP contribution in [0, 0.1) is 0 Å². The third-order valence-corrected chi connectivity index (χ3v) is 2.16. The Morgan fingerprint density at radius 2 is 2.29 bits per heavy atom. The van der Waals surface area contributed by atoms with Crippen molar-refractivity contribution in [3.05, 3.63) is 22.9 Å². The molecule has 3 N–H and O–H groups in total. The summed E-state index contributed by atoms with van der Waals surface area (Å²) in [6.45, 7) is -0.0255. The highest BCUT2D eigenvalue weighted by molar-refractivity contribution is 5.71. The molecule has 17 heavy (non-hydrogen) atoms. The lowest BCUT2D eigenvalue weighted by Gasteiger charge is -2.12. The molecule has 7 heteroatoms. The number of pyridine rings is 1. The van der Waals surface area contributed by atoms with Crippen molar-refractivity contribution in [3.8, 4) is 5.88 Å². The van der Waals surface area contributed by atoms with Crippen molar-refractivity contribution in [3.63, 3.8) is 0 Å². The number of carboxylic acid groups (broad SMARTS) is 1. The molecule has 1 aromatic rings. The van der Waals surface area contributed by atoms with Crippen molar-refractivity contribution < 1.29 is 23.4 Å². The highest BCUT2D eigenvalue weighted by Gasteiger charge is 2.18. The fourth-order valence-corrected chi connectivity index (χ4v) is 1.44. The molecule has 5 nitrogen and oxygen atoms in total. The van der Waals surface area contributed by atoms with Crippen molar-refractivity contribution >= 4 is 5.97 Å². The zero-order valence-electron chi connectivity index (χ0n) is 9.11. The number of hydrogen-bond donors (Lipinski definition) is 2. The number of aliphatic carboxylic acids is 1. The number of alkyl halides is 2. The van der Waals surface area contributed by atoms with E-state index in [1.54, 1.807) is 0 Å². The number of halogens is 2. The molecule has 0 atom stereocenters. The highest BCUT2D eigenvalue weighted by atomic mass is 19.3. The van der Waals surface area contributed by atoms with Crippen LogP contribution in [-0.4, -0.2) is 23.2 Å². The molecule has 0 unspecified atom stereocenters. The lowest BCUT2D eigenvalue weighted by atomic mass is 10.1. The smallest absolute Gasteiger partial charge is 0.307 e. The molecule has 0 saturated heterocycles. The third-order valence-electron chi connectivity index (χ3n) is 2.16. The predicted octanol–water partition coefficient (Wildman–Crippen LogP) is 1.11. The zero-order chi connectivity index (χ0) is 13.0. The van der Waals surface area contributed by atoms with Gasteiger partial charge in [-0.15, -0.1) is 0 Å². The number of nitrogens with two attached hydrogens (primary N) is 1. The number of carboxylic acids is 1. The monoisotopic (exact) mass is 246 g/mol. The van der Waals surface area contributed by atoms with Crippen molar-refractivity contribution in [2.75, 3.05) is 7.11 Å². The number of aromatic nitrogens is 1. The average Bonchev–Trinajstić information content (AvgIpc) is 2.26. The van der Waals surface area contributed by atoms with Gasteiger partial charge in [0.2, 0.25) is 5.88 Å². The van der Waals surface area contributed by atoms with Crippen LogP contribution < -0.4 is 10.5 Å². The van der Waals surface area contributed by atoms with Gasteiger partial charge in [0.1, 0.15) is 5.69 Å². The predicted molar refractivity (Wildman–Crippen MR) is 55.0 cm³/mol. The summed E-state index contributed by atoms with van der Waals surface area (Å²) in [5.74, 6) is -1.19. The molecule has 94 valence electrons. The van der Waals surface area contributed by atoms with Gasteiger partial charge >= 0.3 is 5.97 Å². The zero-order valence-corrected chi connectivity index (χ0v) is 9.11. The van der Waals surface area contributed by atoms with Gasteiger partial charge < -0.3 is 15.6 Å². The maximum Gasteiger partial charge on any atom is 0.307 e. The van der Waals surface area contributed by atoms with E-state index in [1.165, 1.54) is 7.11 Å². The molecule has 0 radical (unpaired) electrons. The molecule has 1 heterocycles. The van der Waals surface area contributed by atoms with Gasteiger partial charge in [-0.1, -0.05) is 0 Å². The summed E-state index contributed by atoms with van der Waals surface area (Å²) in [6.07, 6.45) is -3.19. The lowest BCUT2D eigenvalue weighted by molar-refractivity contribution is -0.136. The van der Waals surface area contributed by atoms with Gasteiger partial charge in [-0.2, -0.15) is 0 Å². The molecule has 0 aliphatic rings. The largest absolute Gasteiger partial charge is 0.481 e. The molecule has 1 aromatic heterocycles. The fraction of sp³-hybridized carbons (Fsp3) is 0.400. The Bertz CT molecular complexity index is 424. The molecule has 0 aliphatic heterocycles. The standard InChI is InChI=1S/C10H12F2N2O3/c1-17-10-6(4-13)5(3-8(15)16)2-7(14-10)9(11)12/h2,9H,3-4,13H2,1H3,(H,15,16). The first-order valence-electron chi connectivity index (χ1n) is 4.76. The number of hydrogen-bond acceptors (Lipinski definition) is 4. The molecule has 1 rings (SSSR count). The molecule has 0 aliphatic carbocycles. The van der Waals surface area contributed by atoms with E-state index in [4.69, 9.17) is 15.6 Å². The van der Waals surface area contributed by atoms with E-state index < -0.39 is 24.5 Å². The van der Waals surface area contributed by atoms with Crippen LogP contribution in [0.25, 0.3) is 0 Å². The van der Waals surface area contributed by atoms with Gasteiger partial charge in [-0.05, 0) is 11.6 Å². The summed E-state index contributed by atoms with van der Waals surface area (Å²) in [7, 11) is 1.27. The molecule has 0 spiro atoms. The van der Waals surface area contributed by atoms with Gasteiger partial charge in [-0.3, -0.25) is 4.79 Å². The van der Waals surface area contributed by atoms with Crippen LogP contribution in [0.4, 0.5) is 8.78 Å². The molecule has 0 amide bonds. The van der Waals surface area contributed by atoms with E-state index >= 15 is 0 Å². The van der Waals surface area contributed by atoms with Crippen molar-refractivity contribution in [1.29, 1.82) is 0 Å². The second-order valence-corrected chi connectivity index (χ2v) is 3.27. The summed E-state index contributed by atoms with van der Waals surface area (Å²) in [6, 6.07) is 1.05. The van der Waals surface area contributed by atoms with Crippen LogP contribution in [0.5, 0.6) is 5.88 Å². The molecule has 0 bridgehead atoms. The van der Waals surface area contributed by atoms with E-state index in [2.05, 4.69) is 4.98 Å². The summed E-state index contributed by atoms with van der Waals surface area (Å²) >= 11 is 0. The van der Waals surface area contributed by atoms with Gasteiger partial charge in [0.25, 0.3) is 6.43 Å². The van der Waals surface area contributed by atoms with Gasteiger partial charge in [0.15, 0.2) is 0 Å². The third kappa shape index (κ3) is 3.10. The molecule has 0 fully saturated rings. The van der Waals surface area contributed by atoms with E-state index in [1.807, 2.05) is 0 Å². The fourth-order valence-electron chi connectivity index (χ4n) is 1.44. The maximum atomic E-state index is 12.5. The number of methoxy groups -OCH3 is 1. The minimum Gasteiger partial charge on any atom is -0.481 e. The Morgan fingerprint density at radius 3 is 2.71 bits per heavy atom. The number of nitrogens with zero attached hydrogens (tertiary/aromatic N) is 1. The Labute approximate surface area is 96.2 Å². The van der Waals surface area contributed by atoms with Gasteiger partial charge in [0.05, 0.1) is 13.5 Å². The van der Waals surface area contributed by atoms with Crippen molar-refractivity contribution in [2.24, 2.45) is 5.73 Å². The molecule has 0 saturated carbocycles. The Balaban J connectivity index is 3.31. The number of carbonyl (C=O) groups is 1. The van der Waals surface area contributed by atoms with Gasteiger partial charge in [-0.25, -0.2) is 13.8 Å².